The van der Waals surface area contributed by atoms with Crippen LogP contribution in [0.1, 0.15) is 51.5 Å². The Balaban J connectivity index is 0.000000163. The van der Waals surface area contributed by atoms with Gasteiger partial charge in [-0.3, -0.25) is 14.5 Å². The highest BCUT2D eigenvalue weighted by Gasteiger charge is 2.39. The van der Waals surface area contributed by atoms with Gasteiger partial charge in [0, 0.05) is 87.1 Å². The van der Waals surface area contributed by atoms with E-state index in [1.54, 1.807) is 46.6 Å². The van der Waals surface area contributed by atoms with Crippen molar-refractivity contribution in [1.82, 2.24) is 39.2 Å². The number of hydrogen-bond acceptors (Lipinski definition) is 13. The lowest BCUT2D eigenvalue weighted by Crippen LogP contribution is -2.41. The molecule has 16 nitrogen and oxygen atoms in total. The van der Waals surface area contributed by atoms with Crippen LogP contribution < -0.4 is 5.32 Å². The maximum absolute atomic E-state index is 13.5. The standard InChI is InChI=1S/C25H27N5O3S.C22H22N4O4S.C2H6/c31-25(29-10-14-33-15-11-29)22-21-17-34-24-20(2-1-7-26-24)23(21)30(27-22)19-5-3-18(4-6-19)16-28-8-12-32-13-9-28;1-23-18-9-5-8-16-20-17(14-31(28,29)21(16)18)19(22(27)25-10-12-30-13-11-25)24-26(20)15-6-3-2-4-7-15;1-2/h1-7H,8-17H2;2-9,23H,10-14H2,1H3;1-2H3. The normalized spacial score (nSPS) is 17.3. The number of sulfone groups is 1. The van der Waals surface area contributed by atoms with Gasteiger partial charge >= 0.3 is 0 Å². The Labute approximate surface area is 395 Å². The van der Waals surface area contributed by atoms with Crippen LogP contribution in [-0.4, -0.2) is 145 Å². The fourth-order valence-electron chi connectivity index (χ4n) is 8.95. The first-order valence-electron chi connectivity index (χ1n) is 22.8. The number of anilines is 1. The van der Waals surface area contributed by atoms with Crippen LogP contribution in [0, 0.1) is 0 Å². The molecule has 3 aromatic carbocycles. The van der Waals surface area contributed by atoms with E-state index < -0.39 is 9.84 Å². The number of benzene rings is 3. The monoisotopic (exact) mass is 945 g/mol. The molecule has 0 radical (unpaired) electrons. The van der Waals surface area contributed by atoms with E-state index in [9.17, 15) is 18.0 Å². The van der Waals surface area contributed by atoms with Crippen LogP contribution in [0.5, 0.6) is 0 Å². The van der Waals surface area contributed by atoms with E-state index in [4.69, 9.17) is 19.3 Å². The molecule has 8 heterocycles. The summed E-state index contributed by atoms with van der Waals surface area (Å²) in [6, 6.07) is 27.3. The van der Waals surface area contributed by atoms with Crippen molar-refractivity contribution in [3.8, 4) is 33.9 Å². The first kappa shape index (κ1) is 46.2. The van der Waals surface area contributed by atoms with Crippen LogP contribution in [0.2, 0.25) is 0 Å². The molecule has 3 saturated heterocycles. The molecule has 0 bridgehead atoms. The van der Waals surface area contributed by atoms with E-state index in [1.165, 1.54) is 5.56 Å². The average Bonchev–Trinajstić information content (AvgIpc) is 3.97. The summed E-state index contributed by atoms with van der Waals surface area (Å²) in [6.45, 7) is 12.6. The van der Waals surface area contributed by atoms with Crippen molar-refractivity contribution >= 4 is 39.1 Å². The number of carbonyl (C=O) groups is 2. The zero-order valence-corrected chi connectivity index (χ0v) is 39.7. The van der Waals surface area contributed by atoms with Crippen molar-refractivity contribution in [2.45, 2.75) is 41.8 Å². The predicted octanol–water partition coefficient (Wildman–Crippen LogP) is 6.21. The molecular weight excluding hydrogens is 891 g/mol. The lowest BCUT2D eigenvalue weighted by atomic mass is 10.0. The highest BCUT2D eigenvalue weighted by molar-refractivity contribution is 7.98. The van der Waals surface area contributed by atoms with Crippen molar-refractivity contribution in [1.29, 1.82) is 0 Å². The number of pyridine rings is 1. The minimum atomic E-state index is -3.67. The van der Waals surface area contributed by atoms with Gasteiger partial charge in [0.25, 0.3) is 11.8 Å². The van der Waals surface area contributed by atoms with Crippen LogP contribution in [0.25, 0.3) is 33.9 Å². The highest BCUT2D eigenvalue weighted by Crippen LogP contribution is 2.45. The van der Waals surface area contributed by atoms with Gasteiger partial charge in [-0.1, -0.05) is 56.3 Å². The minimum absolute atomic E-state index is 0.0184. The molecule has 1 N–H and O–H groups in total. The molecule has 3 fully saturated rings. The highest BCUT2D eigenvalue weighted by atomic mass is 32.2. The van der Waals surface area contributed by atoms with Gasteiger partial charge in [-0.15, -0.1) is 11.8 Å². The van der Waals surface area contributed by atoms with Crippen molar-refractivity contribution in [2.75, 3.05) is 91.3 Å². The Hall–Kier alpha value is -5.89. The van der Waals surface area contributed by atoms with E-state index in [0.717, 1.165) is 66.1 Å². The summed E-state index contributed by atoms with van der Waals surface area (Å²) in [5.74, 6) is 0.124. The number of fused-ring (bicyclic) bond motifs is 6. The third-order valence-electron chi connectivity index (χ3n) is 12.2. The zero-order chi connectivity index (χ0) is 46.5. The average molecular weight is 946 g/mol. The van der Waals surface area contributed by atoms with Gasteiger partial charge in [0.05, 0.1) is 78.7 Å². The number of morpholine rings is 3. The molecule has 0 spiro atoms. The Bertz CT molecular complexity index is 2830. The van der Waals surface area contributed by atoms with Crippen LogP contribution in [-0.2, 0) is 42.1 Å². The van der Waals surface area contributed by atoms with Gasteiger partial charge in [0.2, 0.25) is 0 Å². The summed E-state index contributed by atoms with van der Waals surface area (Å²) >= 11 is 1.66. The van der Waals surface area contributed by atoms with Crippen LogP contribution in [0.3, 0.4) is 0 Å². The molecule has 5 aliphatic heterocycles. The summed E-state index contributed by atoms with van der Waals surface area (Å²) in [7, 11) is -1.97. The number of thioether (sulfide) groups is 1. The second kappa shape index (κ2) is 20.5. The van der Waals surface area contributed by atoms with Gasteiger partial charge in [0.1, 0.15) is 5.03 Å². The number of amides is 2. The molecule has 0 saturated carbocycles. The number of nitrogens with zero attached hydrogens (tertiary/aromatic N) is 8. The topological polar surface area (TPSA) is 166 Å². The van der Waals surface area contributed by atoms with Crippen LogP contribution >= 0.6 is 11.8 Å². The van der Waals surface area contributed by atoms with Crippen molar-refractivity contribution in [3.63, 3.8) is 0 Å². The fraction of sp³-hybridized carbons (Fsp3) is 0.367. The van der Waals surface area contributed by atoms with Crippen LogP contribution in [0.15, 0.2) is 101 Å². The number of carbonyl (C=O) groups excluding carboxylic acids is 2. The number of hydrogen-bond donors (Lipinski definition) is 1. The minimum Gasteiger partial charge on any atom is -0.387 e. The molecular formula is C49H55N9O7S2. The third-order valence-corrected chi connectivity index (χ3v) is 15.0. The largest absolute Gasteiger partial charge is 0.387 e. The number of para-hydroxylation sites is 1. The Morgan fingerprint density at radius 3 is 1.82 bits per heavy atom. The van der Waals surface area contributed by atoms with Crippen molar-refractivity contribution < 1.29 is 32.2 Å². The molecule has 2 amide bonds. The van der Waals surface area contributed by atoms with Gasteiger partial charge in [0.15, 0.2) is 21.2 Å². The maximum Gasteiger partial charge on any atom is 0.274 e. The van der Waals surface area contributed by atoms with Crippen molar-refractivity contribution in [2.24, 2.45) is 0 Å². The molecule has 3 aromatic heterocycles. The van der Waals surface area contributed by atoms with Gasteiger partial charge in [-0.25, -0.2) is 22.8 Å². The van der Waals surface area contributed by atoms with Gasteiger partial charge < -0.3 is 29.3 Å². The quantitative estimate of drug-likeness (QED) is 0.192. The fourth-order valence-corrected chi connectivity index (χ4v) is 11.8. The zero-order valence-electron chi connectivity index (χ0n) is 38.0. The second-order valence-corrected chi connectivity index (χ2v) is 19.1. The molecule has 0 aliphatic carbocycles. The van der Waals surface area contributed by atoms with E-state index in [1.807, 2.05) is 66.0 Å². The molecule has 6 aromatic rings. The molecule has 0 atom stereocenters. The Morgan fingerprint density at radius 2 is 1.21 bits per heavy atom. The van der Waals surface area contributed by atoms with E-state index >= 15 is 0 Å². The number of nitrogens with one attached hydrogen (secondary N) is 1. The smallest absolute Gasteiger partial charge is 0.274 e. The molecule has 350 valence electrons. The second-order valence-electron chi connectivity index (χ2n) is 16.2. The van der Waals surface area contributed by atoms with Crippen LogP contribution in [0.4, 0.5) is 5.69 Å². The Kier molecular flexibility index (Phi) is 14.2. The van der Waals surface area contributed by atoms with E-state index in [-0.39, 0.29) is 28.2 Å². The summed E-state index contributed by atoms with van der Waals surface area (Å²) in [5, 5.41) is 13.5. The molecule has 0 unspecified atom stereocenters. The molecule has 11 rings (SSSR count). The van der Waals surface area contributed by atoms with Gasteiger partial charge in [-0.2, -0.15) is 10.2 Å². The number of aromatic nitrogens is 5. The summed E-state index contributed by atoms with van der Waals surface area (Å²) < 4.78 is 46.5. The molecule has 67 heavy (non-hydrogen) atoms. The first-order valence-corrected chi connectivity index (χ1v) is 25.5. The summed E-state index contributed by atoms with van der Waals surface area (Å²) in [6.07, 6.45) is 1.82. The lowest BCUT2D eigenvalue weighted by Gasteiger charge is -2.26. The lowest BCUT2D eigenvalue weighted by molar-refractivity contribution is 0.0296. The third kappa shape index (κ3) is 9.38. The summed E-state index contributed by atoms with van der Waals surface area (Å²) in [4.78, 5) is 37.6. The number of ether oxygens (including phenoxy) is 3. The first-order chi connectivity index (χ1) is 32.8. The predicted molar refractivity (Wildman–Crippen MR) is 257 cm³/mol. The number of rotatable bonds is 7. The molecule has 18 heteroatoms. The van der Waals surface area contributed by atoms with Crippen molar-refractivity contribution in [3.05, 3.63) is 119 Å². The van der Waals surface area contributed by atoms with Gasteiger partial charge in [-0.05, 0) is 48.0 Å². The van der Waals surface area contributed by atoms with E-state index in [0.29, 0.717) is 86.6 Å². The molecule has 5 aliphatic rings. The Morgan fingerprint density at radius 1 is 0.657 bits per heavy atom. The van der Waals surface area contributed by atoms with E-state index in [2.05, 4.69) is 50.6 Å². The maximum atomic E-state index is 13.5. The summed E-state index contributed by atoms with van der Waals surface area (Å²) in [5.41, 5.74) is 8.85. The SMILES string of the molecule is CC.CNc1cccc2c1S(=O)(=O)Cc1c(C(=O)N3CCOCC3)nn(-c3ccccc3)c1-2.O=C(c1nn(-c2ccc(CN3CCOCC3)cc2)c2c1CSc1ncccc1-2)N1CCOCC1.